The van der Waals surface area contributed by atoms with E-state index in [1.54, 1.807) is 0 Å². The molecule has 3 heterocycles. The van der Waals surface area contributed by atoms with Gasteiger partial charge in [0.05, 0.1) is 5.39 Å². The zero-order valence-corrected chi connectivity index (χ0v) is 27.3. The number of benzene rings is 6. The maximum atomic E-state index is 6.43. The average molecular weight is 643 g/mol. The van der Waals surface area contributed by atoms with Gasteiger partial charge in [-0.3, -0.25) is 4.98 Å². The van der Waals surface area contributed by atoms with Gasteiger partial charge in [-0.2, -0.15) is 0 Å². The van der Waals surface area contributed by atoms with Gasteiger partial charge in [-0.25, -0.2) is 15.0 Å². The van der Waals surface area contributed by atoms with E-state index in [0.29, 0.717) is 23.1 Å². The molecule has 0 saturated heterocycles. The summed E-state index contributed by atoms with van der Waals surface area (Å²) in [5, 5.41) is 0.983. The van der Waals surface area contributed by atoms with Crippen molar-refractivity contribution in [1.82, 2.24) is 19.9 Å². The van der Waals surface area contributed by atoms with Crippen molar-refractivity contribution in [3.63, 3.8) is 0 Å². The number of aromatic nitrogens is 4. The summed E-state index contributed by atoms with van der Waals surface area (Å²) in [7, 11) is 0. The van der Waals surface area contributed by atoms with Gasteiger partial charge in [0.15, 0.2) is 23.1 Å². The quantitative estimate of drug-likeness (QED) is 0.181. The summed E-state index contributed by atoms with van der Waals surface area (Å²) in [5.74, 6) is 1.72. The van der Waals surface area contributed by atoms with Gasteiger partial charge in [-0.05, 0) is 52.4 Å². The number of hydrogen-bond acceptors (Lipinski definition) is 5. The average Bonchev–Trinajstić information content (AvgIpc) is 3.57. The van der Waals surface area contributed by atoms with Gasteiger partial charge in [0.2, 0.25) is 0 Å². The lowest BCUT2D eigenvalue weighted by Gasteiger charge is -2.09. The van der Waals surface area contributed by atoms with Crippen LogP contribution in [-0.2, 0) is 0 Å². The van der Waals surface area contributed by atoms with E-state index in [2.05, 4.69) is 110 Å². The van der Waals surface area contributed by atoms with Gasteiger partial charge in [0, 0.05) is 22.9 Å². The first-order valence-electron chi connectivity index (χ1n) is 16.6. The Morgan fingerprint density at radius 2 is 0.920 bits per heavy atom. The minimum atomic E-state index is 0.531. The molecule has 0 saturated carbocycles. The van der Waals surface area contributed by atoms with Crippen LogP contribution < -0.4 is 0 Å². The minimum Gasteiger partial charge on any atom is -0.454 e. The molecule has 9 rings (SSSR count). The first-order valence-corrected chi connectivity index (χ1v) is 16.6. The number of hydrogen-bond donors (Lipinski definition) is 0. The molecule has 236 valence electrons. The smallest absolute Gasteiger partial charge is 0.165 e. The number of pyridine rings is 1. The molecule has 0 atom stereocenters. The van der Waals surface area contributed by atoms with E-state index in [1.165, 1.54) is 22.3 Å². The van der Waals surface area contributed by atoms with Crippen LogP contribution in [-0.4, -0.2) is 19.9 Å². The predicted molar refractivity (Wildman–Crippen MR) is 202 cm³/mol. The highest BCUT2D eigenvalue weighted by atomic mass is 16.3. The number of nitrogens with zero attached hydrogens (tertiary/aromatic N) is 4. The largest absolute Gasteiger partial charge is 0.454 e. The van der Waals surface area contributed by atoms with Crippen molar-refractivity contribution in [1.29, 1.82) is 0 Å². The van der Waals surface area contributed by atoms with Gasteiger partial charge in [0.25, 0.3) is 0 Å². The number of fused-ring (bicyclic) bond motifs is 3. The second kappa shape index (κ2) is 12.4. The van der Waals surface area contributed by atoms with E-state index >= 15 is 0 Å². The van der Waals surface area contributed by atoms with E-state index in [0.717, 1.165) is 49.9 Å². The summed E-state index contributed by atoms with van der Waals surface area (Å²) in [4.78, 5) is 19.8. The Labute approximate surface area is 289 Å². The summed E-state index contributed by atoms with van der Waals surface area (Å²) in [5.41, 5.74) is 12.9. The first-order chi connectivity index (χ1) is 24.7. The third kappa shape index (κ3) is 5.51. The Morgan fingerprint density at radius 1 is 0.400 bits per heavy atom. The summed E-state index contributed by atoms with van der Waals surface area (Å²) in [6.45, 7) is 2.11. The van der Waals surface area contributed by atoms with E-state index in [1.807, 2.05) is 60.8 Å². The summed E-state index contributed by atoms with van der Waals surface area (Å²) in [6, 6.07) is 54.1. The molecule has 0 bridgehead atoms. The standard InChI is InChI=1S/C45H30N4O/c1-29-10-8-15-36(26-29)32-20-24-35(25-21-32)44-47-43(34-13-6-3-7-14-34)48-45(49-44)37-27-40-42(46-28-37)41-38(16-9-17-39(41)50-40)33-22-18-31(19-23-33)30-11-4-2-5-12-30/h2-28H,1H3. The molecule has 5 nitrogen and oxygen atoms in total. The number of aryl methyl sites for hydroxylation is 1. The Kier molecular flexibility index (Phi) is 7.29. The van der Waals surface area contributed by atoms with Crippen LogP contribution in [0.4, 0.5) is 0 Å². The zero-order valence-electron chi connectivity index (χ0n) is 27.3. The molecule has 9 aromatic rings. The van der Waals surface area contributed by atoms with Gasteiger partial charge >= 0.3 is 0 Å². The fourth-order valence-electron chi connectivity index (χ4n) is 6.51. The van der Waals surface area contributed by atoms with Gasteiger partial charge in [-0.15, -0.1) is 0 Å². The number of rotatable bonds is 6. The predicted octanol–water partition coefficient (Wildman–Crippen LogP) is 11.5. The zero-order chi connectivity index (χ0) is 33.4. The molecule has 0 unspecified atom stereocenters. The topological polar surface area (TPSA) is 64.7 Å². The van der Waals surface area contributed by atoms with Crippen LogP contribution in [0.2, 0.25) is 0 Å². The highest BCUT2D eigenvalue weighted by molar-refractivity contribution is 6.11. The van der Waals surface area contributed by atoms with Gasteiger partial charge in [0.1, 0.15) is 11.1 Å². The Balaban J connectivity index is 1.12. The molecule has 0 radical (unpaired) electrons. The van der Waals surface area contributed by atoms with Crippen molar-refractivity contribution in [3.8, 4) is 67.5 Å². The molecule has 0 amide bonds. The fraction of sp³-hybridized carbons (Fsp3) is 0.0222. The van der Waals surface area contributed by atoms with E-state index in [-0.39, 0.29) is 0 Å². The lowest BCUT2D eigenvalue weighted by molar-refractivity contribution is 0.668. The third-order valence-corrected chi connectivity index (χ3v) is 9.06. The monoisotopic (exact) mass is 642 g/mol. The van der Waals surface area contributed by atoms with Crippen molar-refractivity contribution < 1.29 is 4.42 Å². The first kappa shape index (κ1) is 29.4. The van der Waals surface area contributed by atoms with Crippen LogP contribution in [0.5, 0.6) is 0 Å². The van der Waals surface area contributed by atoms with Gasteiger partial charge in [-0.1, -0.05) is 151 Å². The van der Waals surface area contributed by atoms with E-state index < -0.39 is 0 Å². The van der Waals surface area contributed by atoms with Crippen LogP contribution in [0.25, 0.3) is 89.6 Å². The summed E-state index contributed by atoms with van der Waals surface area (Å²) < 4.78 is 6.43. The molecule has 0 spiro atoms. The summed E-state index contributed by atoms with van der Waals surface area (Å²) in [6.07, 6.45) is 1.83. The Morgan fingerprint density at radius 3 is 1.60 bits per heavy atom. The normalized spacial score (nSPS) is 11.3. The molecule has 50 heavy (non-hydrogen) atoms. The maximum absolute atomic E-state index is 6.43. The molecule has 3 aromatic heterocycles. The number of furan rings is 1. The molecular formula is C45H30N4O. The second-order valence-corrected chi connectivity index (χ2v) is 12.4. The highest BCUT2D eigenvalue weighted by Crippen LogP contribution is 2.38. The molecule has 6 aromatic carbocycles. The van der Waals surface area contributed by atoms with Crippen LogP contribution in [0.15, 0.2) is 168 Å². The van der Waals surface area contributed by atoms with Crippen molar-refractivity contribution in [2.24, 2.45) is 0 Å². The summed E-state index contributed by atoms with van der Waals surface area (Å²) >= 11 is 0. The van der Waals surface area contributed by atoms with Crippen LogP contribution in [0.1, 0.15) is 5.56 Å². The Bertz CT molecular complexity index is 2630. The molecule has 0 aliphatic rings. The third-order valence-electron chi connectivity index (χ3n) is 9.06. The van der Waals surface area contributed by atoms with Crippen molar-refractivity contribution in [2.75, 3.05) is 0 Å². The van der Waals surface area contributed by atoms with Crippen molar-refractivity contribution in [2.45, 2.75) is 6.92 Å². The minimum absolute atomic E-state index is 0.531. The SMILES string of the molecule is Cc1cccc(-c2ccc(-c3nc(-c4ccccc4)nc(-c4cnc5c(c4)oc4cccc(-c6ccc(-c7ccccc7)cc6)c45)n3)cc2)c1. The van der Waals surface area contributed by atoms with E-state index in [4.69, 9.17) is 24.4 Å². The molecule has 0 aliphatic carbocycles. The van der Waals surface area contributed by atoms with Crippen LogP contribution in [0, 0.1) is 6.92 Å². The Hall–Kier alpha value is -6.72. The van der Waals surface area contributed by atoms with Crippen LogP contribution >= 0.6 is 0 Å². The second-order valence-electron chi connectivity index (χ2n) is 12.4. The van der Waals surface area contributed by atoms with E-state index in [9.17, 15) is 0 Å². The fourth-order valence-corrected chi connectivity index (χ4v) is 6.51. The lowest BCUT2D eigenvalue weighted by atomic mass is 9.98. The highest BCUT2D eigenvalue weighted by Gasteiger charge is 2.18. The molecule has 5 heteroatoms. The maximum Gasteiger partial charge on any atom is 0.165 e. The van der Waals surface area contributed by atoms with Crippen molar-refractivity contribution >= 4 is 22.1 Å². The molecule has 0 N–H and O–H groups in total. The van der Waals surface area contributed by atoms with Gasteiger partial charge < -0.3 is 4.42 Å². The van der Waals surface area contributed by atoms with Crippen LogP contribution in [0.3, 0.4) is 0 Å². The van der Waals surface area contributed by atoms with Crippen molar-refractivity contribution in [3.05, 3.63) is 169 Å². The lowest BCUT2D eigenvalue weighted by Crippen LogP contribution is -2.00. The molecular weight excluding hydrogens is 613 g/mol. The molecule has 0 fully saturated rings. The molecule has 0 aliphatic heterocycles.